The van der Waals surface area contributed by atoms with Gasteiger partial charge in [0.25, 0.3) is 0 Å². The molecule has 0 amide bonds. The van der Waals surface area contributed by atoms with E-state index in [1.165, 1.54) is 16.7 Å². The zero-order chi connectivity index (χ0) is 16.2. The molecule has 2 aromatic rings. The Morgan fingerprint density at radius 1 is 1.22 bits per heavy atom. The third-order valence-electron chi connectivity index (χ3n) is 4.79. The molecule has 2 bridgehead atoms. The smallest absolute Gasteiger partial charge is 0.188 e. The third-order valence-corrected chi connectivity index (χ3v) is 5.09. The van der Waals surface area contributed by atoms with Crippen LogP contribution in [0, 0.1) is 13.8 Å². The second-order valence-corrected chi connectivity index (χ2v) is 7.03. The van der Waals surface area contributed by atoms with Crippen LogP contribution in [0.2, 0.25) is 0 Å². The molecule has 0 aromatic heterocycles. The van der Waals surface area contributed by atoms with Gasteiger partial charge in [-0.2, -0.15) is 0 Å². The Hall–Kier alpha value is -2.07. The van der Waals surface area contributed by atoms with E-state index in [-0.39, 0.29) is 6.04 Å². The number of para-hydroxylation sites is 1. The first-order valence-electron chi connectivity index (χ1n) is 7.94. The molecule has 4 heteroatoms. The van der Waals surface area contributed by atoms with Crippen molar-refractivity contribution in [1.82, 2.24) is 5.32 Å². The van der Waals surface area contributed by atoms with Gasteiger partial charge in [-0.25, -0.2) is 0 Å². The van der Waals surface area contributed by atoms with Gasteiger partial charge in [0.05, 0.1) is 11.7 Å². The zero-order valence-corrected chi connectivity index (χ0v) is 14.4. The summed E-state index contributed by atoms with van der Waals surface area (Å²) in [5.41, 5.74) is 4.24. The Balaban J connectivity index is 1.84. The highest BCUT2D eigenvalue weighted by Crippen LogP contribution is 2.46. The molecule has 0 aliphatic carbocycles. The molecular formula is C19H20N2OS. The van der Waals surface area contributed by atoms with Crippen LogP contribution in [-0.2, 0) is 0 Å². The minimum atomic E-state index is -0.472. The fraction of sp³-hybridized carbons (Fsp3) is 0.316. The normalized spacial score (nSPS) is 25.4. The van der Waals surface area contributed by atoms with Gasteiger partial charge in [0.15, 0.2) is 10.8 Å². The molecule has 2 atom stereocenters. The van der Waals surface area contributed by atoms with Crippen LogP contribution in [0.15, 0.2) is 42.5 Å². The largest absolute Gasteiger partial charge is 0.467 e. The molecule has 2 aliphatic heterocycles. The highest BCUT2D eigenvalue weighted by Gasteiger charge is 2.48. The van der Waals surface area contributed by atoms with Gasteiger partial charge in [-0.3, -0.25) is 4.90 Å². The summed E-state index contributed by atoms with van der Waals surface area (Å²) in [6.45, 7) is 6.35. The summed E-state index contributed by atoms with van der Waals surface area (Å²) in [6, 6.07) is 14.9. The quantitative estimate of drug-likeness (QED) is 0.793. The van der Waals surface area contributed by atoms with Crippen molar-refractivity contribution in [3.63, 3.8) is 0 Å². The number of rotatable bonds is 1. The molecule has 2 heterocycles. The van der Waals surface area contributed by atoms with Crippen LogP contribution in [0.25, 0.3) is 0 Å². The number of benzene rings is 2. The van der Waals surface area contributed by atoms with Crippen molar-refractivity contribution in [1.29, 1.82) is 0 Å². The van der Waals surface area contributed by atoms with Gasteiger partial charge in [0, 0.05) is 12.0 Å². The van der Waals surface area contributed by atoms with Crippen LogP contribution in [0.4, 0.5) is 5.69 Å². The van der Waals surface area contributed by atoms with Crippen molar-refractivity contribution in [3.05, 3.63) is 59.2 Å². The molecule has 1 fully saturated rings. The Kier molecular flexibility index (Phi) is 3.13. The van der Waals surface area contributed by atoms with E-state index in [1.54, 1.807) is 0 Å². The second-order valence-electron chi connectivity index (χ2n) is 6.65. The highest BCUT2D eigenvalue weighted by atomic mass is 32.1. The Morgan fingerprint density at radius 3 is 2.83 bits per heavy atom. The molecule has 118 valence electrons. The number of fused-ring (bicyclic) bond motifs is 4. The van der Waals surface area contributed by atoms with Crippen LogP contribution >= 0.6 is 12.2 Å². The van der Waals surface area contributed by atoms with Crippen molar-refractivity contribution in [2.75, 3.05) is 4.90 Å². The van der Waals surface area contributed by atoms with Gasteiger partial charge < -0.3 is 10.1 Å². The number of nitrogens with zero attached hydrogens (tertiary/aromatic N) is 1. The molecule has 1 saturated heterocycles. The van der Waals surface area contributed by atoms with Gasteiger partial charge in [-0.1, -0.05) is 30.3 Å². The predicted molar refractivity (Wildman–Crippen MR) is 97.0 cm³/mol. The second kappa shape index (κ2) is 4.96. The van der Waals surface area contributed by atoms with E-state index in [0.717, 1.165) is 23.0 Å². The molecule has 2 aromatic carbocycles. The number of hydrogen-bond acceptors (Lipinski definition) is 2. The standard InChI is InChI=1S/C19H20N2OS/c1-12-8-9-13(2)16(10-12)21-18(23)20-15-11-19(21,3)22-17-7-5-4-6-14(15)17/h4-10,15H,11H2,1-3H3,(H,20,23). The first-order valence-corrected chi connectivity index (χ1v) is 8.35. The highest BCUT2D eigenvalue weighted by molar-refractivity contribution is 7.80. The van der Waals surface area contributed by atoms with E-state index >= 15 is 0 Å². The predicted octanol–water partition coefficient (Wildman–Crippen LogP) is 4.24. The Labute approximate surface area is 142 Å². The Morgan fingerprint density at radius 2 is 2.00 bits per heavy atom. The maximum atomic E-state index is 6.42. The van der Waals surface area contributed by atoms with E-state index in [4.69, 9.17) is 17.0 Å². The molecule has 4 rings (SSSR count). The molecule has 23 heavy (non-hydrogen) atoms. The lowest BCUT2D eigenvalue weighted by molar-refractivity contribution is 0.0497. The molecule has 2 aliphatic rings. The summed E-state index contributed by atoms with van der Waals surface area (Å²) in [5, 5.41) is 4.23. The van der Waals surface area contributed by atoms with Gasteiger partial charge >= 0.3 is 0 Å². The first-order chi connectivity index (χ1) is 11.0. The van der Waals surface area contributed by atoms with Crippen molar-refractivity contribution < 1.29 is 4.74 Å². The van der Waals surface area contributed by atoms with E-state index in [0.29, 0.717) is 0 Å². The fourth-order valence-electron chi connectivity index (χ4n) is 3.65. The molecule has 2 unspecified atom stereocenters. The lowest BCUT2D eigenvalue weighted by Gasteiger charge is -2.52. The van der Waals surface area contributed by atoms with E-state index in [2.05, 4.69) is 55.3 Å². The number of nitrogens with one attached hydrogen (secondary N) is 1. The summed E-state index contributed by atoms with van der Waals surface area (Å²) in [5.74, 6) is 0.941. The minimum absolute atomic E-state index is 0.207. The topological polar surface area (TPSA) is 24.5 Å². The van der Waals surface area contributed by atoms with Crippen LogP contribution in [0.3, 0.4) is 0 Å². The minimum Gasteiger partial charge on any atom is -0.467 e. The maximum Gasteiger partial charge on any atom is 0.188 e. The number of ether oxygens (including phenoxy) is 1. The fourth-order valence-corrected chi connectivity index (χ4v) is 4.08. The average molecular weight is 324 g/mol. The Bertz CT molecular complexity index is 804. The van der Waals surface area contributed by atoms with Gasteiger partial charge in [-0.15, -0.1) is 0 Å². The third kappa shape index (κ3) is 2.20. The van der Waals surface area contributed by atoms with Gasteiger partial charge in [-0.05, 0) is 56.2 Å². The number of hydrogen-bond donors (Lipinski definition) is 1. The summed E-state index contributed by atoms with van der Waals surface area (Å²) >= 11 is 5.70. The van der Waals surface area contributed by atoms with Crippen molar-refractivity contribution in [3.8, 4) is 5.75 Å². The van der Waals surface area contributed by atoms with E-state index < -0.39 is 5.72 Å². The summed E-state index contributed by atoms with van der Waals surface area (Å²) in [7, 11) is 0. The SMILES string of the molecule is Cc1ccc(C)c(N2C(=S)NC3CC2(C)Oc2ccccc23)c1. The number of aryl methyl sites for hydroxylation is 2. The first kappa shape index (κ1) is 14.5. The lowest BCUT2D eigenvalue weighted by atomic mass is 9.90. The summed E-state index contributed by atoms with van der Waals surface area (Å²) < 4.78 is 6.42. The van der Waals surface area contributed by atoms with Crippen LogP contribution < -0.4 is 15.0 Å². The van der Waals surface area contributed by atoms with Crippen molar-refractivity contribution in [2.24, 2.45) is 0 Å². The van der Waals surface area contributed by atoms with Crippen LogP contribution in [0.1, 0.15) is 36.1 Å². The van der Waals surface area contributed by atoms with Gasteiger partial charge in [0.1, 0.15) is 5.75 Å². The zero-order valence-electron chi connectivity index (χ0n) is 13.6. The lowest BCUT2D eigenvalue weighted by Crippen LogP contribution is -2.65. The molecule has 0 saturated carbocycles. The van der Waals surface area contributed by atoms with Crippen LogP contribution in [0.5, 0.6) is 5.75 Å². The van der Waals surface area contributed by atoms with E-state index in [9.17, 15) is 0 Å². The summed E-state index contributed by atoms with van der Waals surface area (Å²) in [6.07, 6.45) is 0.859. The average Bonchev–Trinajstić information content (AvgIpc) is 2.50. The van der Waals surface area contributed by atoms with Crippen molar-refractivity contribution in [2.45, 2.75) is 39.0 Å². The maximum absolute atomic E-state index is 6.42. The number of thiocarbonyl (C=S) groups is 1. The van der Waals surface area contributed by atoms with Crippen molar-refractivity contribution >= 4 is 23.0 Å². The van der Waals surface area contributed by atoms with Crippen LogP contribution in [-0.4, -0.2) is 10.8 Å². The van der Waals surface area contributed by atoms with E-state index in [1.807, 2.05) is 18.2 Å². The molecule has 1 N–H and O–H groups in total. The number of anilines is 1. The molecule has 3 nitrogen and oxygen atoms in total. The molecule has 0 radical (unpaired) electrons. The monoisotopic (exact) mass is 324 g/mol. The molecular weight excluding hydrogens is 304 g/mol. The summed E-state index contributed by atoms with van der Waals surface area (Å²) in [4.78, 5) is 2.14. The molecule has 0 spiro atoms. The van der Waals surface area contributed by atoms with Gasteiger partial charge in [0.2, 0.25) is 0 Å².